The molecule has 0 fully saturated rings. The van der Waals surface area contributed by atoms with Crippen LogP contribution < -0.4 is 4.90 Å². The van der Waals surface area contributed by atoms with Crippen molar-refractivity contribution in [3.05, 3.63) is 23.9 Å². The molecule has 1 rings (SSSR count). The highest BCUT2D eigenvalue weighted by molar-refractivity contribution is 6.83. The van der Waals surface area contributed by atoms with Gasteiger partial charge >= 0.3 is 12.2 Å². The molecule has 0 radical (unpaired) electrons. The van der Waals surface area contributed by atoms with Crippen LogP contribution in [0.1, 0.15) is 46.1 Å². The number of pyridine rings is 1. The summed E-state index contributed by atoms with van der Waals surface area (Å²) in [7, 11) is -1.50. The number of ether oxygens (including phenoxy) is 2. The van der Waals surface area contributed by atoms with Crippen LogP contribution in [0.15, 0.2) is 18.3 Å². The SMILES string of the molecule is CCCCOC(=O)N(C(=O)OC(C)(C)C)c1ccc(C#C[Si](C)(C)C)cn1. The maximum Gasteiger partial charge on any atom is 0.425 e. The molecule has 0 N–H and O–H groups in total. The Bertz CT molecular complexity index is 707. The Morgan fingerprint density at radius 2 is 1.85 bits per heavy atom. The predicted molar refractivity (Wildman–Crippen MR) is 109 cm³/mol. The van der Waals surface area contributed by atoms with Crippen molar-refractivity contribution in [3.63, 3.8) is 0 Å². The van der Waals surface area contributed by atoms with Gasteiger partial charge in [-0.3, -0.25) is 0 Å². The first-order valence-electron chi connectivity index (χ1n) is 9.12. The molecular formula is C20H30N2O4Si. The van der Waals surface area contributed by atoms with Crippen molar-refractivity contribution in [1.29, 1.82) is 0 Å². The van der Waals surface area contributed by atoms with Crippen LogP contribution in [-0.4, -0.2) is 37.5 Å². The molecule has 0 aliphatic heterocycles. The fourth-order valence-electron chi connectivity index (χ4n) is 1.79. The minimum atomic E-state index is -1.50. The minimum absolute atomic E-state index is 0.143. The van der Waals surface area contributed by atoms with E-state index in [1.54, 1.807) is 39.1 Å². The van der Waals surface area contributed by atoms with E-state index < -0.39 is 25.9 Å². The summed E-state index contributed by atoms with van der Waals surface area (Å²) in [6.45, 7) is 13.9. The number of anilines is 1. The highest BCUT2D eigenvalue weighted by Crippen LogP contribution is 2.18. The van der Waals surface area contributed by atoms with E-state index in [1.165, 1.54) is 0 Å². The van der Waals surface area contributed by atoms with E-state index in [0.717, 1.165) is 16.9 Å². The van der Waals surface area contributed by atoms with Crippen LogP contribution in [0.25, 0.3) is 0 Å². The highest BCUT2D eigenvalue weighted by atomic mass is 28.3. The van der Waals surface area contributed by atoms with E-state index >= 15 is 0 Å². The predicted octanol–water partition coefficient (Wildman–Crippen LogP) is 4.99. The lowest BCUT2D eigenvalue weighted by Crippen LogP contribution is -2.42. The van der Waals surface area contributed by atoms with Gasteiger partial charge in [0.25, 0.3) is 0 Å². The number of rotatable bonds is 4. The zero-order valence-electron chi connectivity index (χ0n) is 17.4. The fourth-order valence-corrected chi connectivity index (χ4v) is 2.31. The maximum atomic E-state index is 12.5. The average Bonchev–Trinajstić information content (AvgIpc) is 2.52. The first-order valence-corrected chi connectivity index (χ1v) is 12.6. The van der Waals surface area contributed by atoms with E-state index in [-0.39, 0.29) is 12.4 Å². The van der Waals surface area contributed by atoms with Crippen molar-refractivity contribution in [2.24, 2.45) is 0 Å². The van der Waals surface area contributed by atoms with Crippen LogP contribution in [-0.2, 0) is 9.47 Å². The number of carbonyl (C=O) groups excluding carboxylic acids is 2. The second-order valence-corrected chi connectivity index (χ2v) is 12.9. The molecule has 0 unspecified atom stereocenters. The Labute approximate surface area is 163 Å². The average molecular weight is 391 g/mol. The van der Waals surface area contributed by atoms with Gasteiger partial charge in [0.2, 0.25) is 0 Å². The molecule has 1 aromatic heterocycles. The van der Waals surface area contributed by atoms with E-state index in [9.17, 15) is 9.59 Å². The van der Waals surface area contributed by atoms with E-state index in [1.807, 2.05) is 6.92 Å². The number of nitrogens with zero attached hydrogens (tertiary/aromatic N) is 2. The molecule has 1 aromatic rings. The summed E-state index contributed by atoms with van der Waals surface area (Å²) < 4.78 is 10.5. The van der Waals surface area contributed by atoms with Crippen molar-refractivity contribution in [1.82, 2.24) is 4.98 Å². The van der Waals surface area contributed by atoms with Gasteiger partial charge < -0.3 is 9.47 Å². The first kappa shape index (κ1) is 22.7. The van der Waals surface area contributed by atoms with Crippen molar-refractivity contribution in [2.75, 3.05) is 11.5 Å². The lowest BCUT2D eigenvalue weighted by atomic mass is 10.2. The third-order valence-corrected chi connectivity index (χ3v) is 3.92. The van der Waals surface area contributed by atoms with Gasteiger partial charge in [0.15, 0.2) is 0 Å². The van der Waals surface area contributed by atoms with Crippen molar-refractivity contribution >= 4 is 26.1 Å². The van der Waals surface area contributed by atoms with Gasteiger partial charge in [0.05, 0.1) is 6.61 Å². The molecular weight excluding hydrogens is 360 g/mol. The maximum absolute atomic E-state index is 12.5. The molecule has 0 bridgehead atoms. The second kappa shape index (κ2) is 9.56. The van der Waals surface area contributed by atoms with Crippen LogP contribution in [0.4, 0.5) is 15.4 Å². The molecule has 6 nitrogen and oxygen atoms in total. The number of amides is 2. The number of unbranched alkanes of at least 4 members (excludes halogenated alkanes) is 1. The van der Waals surface area contributed by atoms with Crippen molar-refractivity contribution < 1.29 is 19.1 Å². The fraction of sp³-hybridized carbons (Fsp3) is 0.550. The highest BCUT2D eigenvalue weighted by Gasteiger charge is 2.31. The summed E-state index contributed by atoms with van der Waals surface area (Å²) in [6, 6.07) is 3.30. The summed E-state index contributed by atoms with van der Waals surface area (Å²) in [6.07, 6.45) is 1.51. The van der Waals surface area contributed by atoms with E-state index in [4.69, 9.17) is 9.47 Å². The summed E-state index contributed by atoms with van der Waals surface area (Å²) in [5, 5.41) is 0. The quantitative estimate of drug-likeness (QED) is 0.411. The molecule has 7 heteroatoms. The third-order valence-electron chi connectivity index (χ3n) is 3.04. The molecule has 148 valence electrons. The van der Waals surface area contributed by atoms with Gasteiger partial charge in [-0.1, -0.05) is 38.9 Å². The molecule has 2 amide bonds. The molecule has 0 saturated heterocycles. The van der Waals surface area contributed by atoms with Crippen LogP contribution in [0.3, 0.4) is 0 Å². The Morgan fingerprint density at radius 1 is 1.19 bits per heavy atom. The Balaban J connectivity index is 3.08. The number of hydrogen-bond donors (Lipinski definition) is 0. The van der Waals surface area contributed by atoms with Gasteiger partial charge in [0.1, 0.15) is 19.5 Å². The standard InChI is InChI=1S/C20H30N2O4Si/c1-8-9-13-25-18(23)22(19(24)26-20(2,3)4)17-11-10-16(15-21-17)12-14-27(5,6)7/h10-11,15H,8-9,13H2,1-7H3. The van der Waals surface area contributed by atoms with Gasteiger partial charge in [0, 0.05) is 11.8 Å². The summed E-state index contributed by atoms with van der Waals surface area (Å²) >= 11 is 0. The van der Waals surface area contributed by atoms with Crippen LogP contribution in [0.5, 0.6) is 0 Å². The molecule has 27 heavy (non-hydrogen) atoms. The Morgan fingerprint density at radius 3 is 2.33 bits per heavy atom. The smallest absolute Gasteiger partial charge is 0.425 e. The van der Waals surface area contributed by atoms with Crippen LogP contribution in [0, 0.1) is 11.5 Å². The molecule has 0 spiro atoms. The summed E-state index contributed by atoms with van der Waals surface area (Å²) in [4.78, 5) is 30.0. The molecule has 1 heterocycles. The molecule has 0 aliphatic rings. The summed E-state index contributed by atoms with van der Waals surface area (Å²) in [5.74, 6) is 3.23. The van der Waals surface area contributed by atoms with Gasteiger partial charge in [-0.25, -0.2) is 14.6 Å². The monoisotopic (exact) mass is 390 g/mol. The Hall–Kier alpha value is -2.33. The topological polar surface area (TPSA) is 68.7 Å². The van der Waals surface area contributed by atoms with E-state index in [0.29, 0.717) is 6.42 Å². The third kappa shape index (κ3) is 8.73. The lowest BCUT2D eigenvalue weighted by Gasteiger charge is -2.25. The number of hydrogen-bond acceptors (Lipinski definition) is 5. The molecule has 0 atom stereocenters. The molecule has 0 aromatic carbocycles. The Kier molecular flexibility index (Phi) is 8.04. The van der Waals surface area contributed by atoms with Crippen LogP contribution >= 0.6 is 0 Å². The number of imide groups is 1. The van der Waals surface area contributed by atoms with Gasteiger partial charge in [-0.05, 0) is 39.3 Å². The first-order chi connectivity index (χ1) is 12.4. The molecule has 0 saturated carbocycles. The lowest BCUT2D eigenvalue weighted by molar-refractivity contribution is 0.0566. The normalized spacial score (nSPS) is 11.2. The van der Waals surface area contributed by atoms with Crippen LogP contribution in [0.2, 0.25) is 19.6 Å². The minimum Gasteiger partial charge on any atom is -0.449 e. The van der Waals surface area contributed by atoms with Crippen molar-refractivity contribution in [3.8, 4) is 11.5 Å². The van der Waals surface area contributed by atoms with E-state index in [2.05, 4.69) is 36.1 Å². The molecule has 0 aliphatic carbocycles. The number of carbonyl (C=O) groups is 2. The zero-order valence-corrected chi connectivity index (χ0v) is 18.4. The second-order valence-electron chi connectivity index (χ2n) is 8.19. The van der Waals surface area contributed by atoms with Crippen molar-refractivity contribution in [2.45, 2.75) is 65.8 Å². The number of aromatic nitrogens is 1. The largest absolute Gasteiger partial charge is 0.449 e. The van der Waals surface area contributed by atoms with Gasteiger partial charge in [-0.2, -0.15) is 4.90 Å². The summed E-state index contributed by atoms with van der Waals surface area (Å²) in [5.41, 5.74) is 3.23. The zero-order chi connectivity index (χ0) is 20.7. The van der Waals surface area contributed by atoms with Gasteiger partial charge in [-0.15, -0.1) is 5.54 Å².